The summed E-state index contributed by atoms with van der Waals surface area (Å²) in [5.41, 5.74) is 2.38. The van der Waals surface area contributed by atoms with E-state index in [4.69, 9.17) is 0 Å². The second kappa shape index (κ2) is 10.2. The van der Waals surface area contributed by atoms with E-state index in [0.717, 1.165) is 18.0 Å². The molecule has 2 aliphatic heterocycles. The SMILES string of the molecule is O=C(CCC(=O)N1CCC2(CC1)C(=O)NCN2c1ccccc1)c1ccc(CCCC2CC2)cc1. The molecule has 6 heteroatoms. The van der Waals surface area contributed by atoms with Gasteiger partial charge in [0.15, 0.2) is 5.78 Å². The highest BCUT2D eigenvalue weighted by atomic mass is 16.2. The van der Waals surface area contributed by atoms with E-state index >= 15 is 0 Å². The van der Waals surface area contributed by atoms with Crippen LogP contribution in [0.3, 0.4) is 0 Å². The fourth-order valence-corrected chi connectivity index (χ4v) is 5.54. The van der Waals surface area contributed by atoms with E-state index in [2.05, 4.69) is 22.3 Å². The quantitative estimate of drug-likeness (QED) is 0.550. The molecule has 1 N–H and O–H groups in total. The van der Waals surface area contributed by atoms with Crippen molar-refractivity contribution >= 4 is 23.3 Å². The molecule has 35 heavy (non-hydrogen) atoms. The minimum Gasteiger partial charge on any atom is -0.342 e. The Balaban J connectivity index is 1.10. The maximum absolute atomic E-state index is 12.9. The number of hydrogen-bond acceptors (Lipinski definition) is 4. The molecule has 2 amide bonds. The Morgan fingerprint density at radius 1 is 0.943 bits per heavy atom. The number of anilines is 1. The Hall–Kier alpha value is -3.15. The molecule has 184 valence electrons. The Kier molecular flexibility index (Phi) is 6.89. The number of carbonyl (C=O) groups is 3. The number of nitrogens with one attached hydrogen (secondary N) is 1. The molecule has 6 nitrogen and oxygen atoms in total. The molecule has 0 radical (unpaired) electrons. The molecule has 1 saturated carbocycles. The Morgan fingerprint density at radius 2 is 1.66 bits per heavy atom. The van der Waals surface area contributed by atoms with Crippen molar-refractivity contribution in [1.82, 2.24) is 10.2 Å². The number of amides is 2. The van der Waals surface area contributed by atoms with E-state index in [-0.39, 0.29) is 30.4 Å². The van der Waals surface area contributed by atoms with Crippen LogP contribution in [0.2, 0.25) is 0 Å². The van der Waals surface area contributed by atoms with E-state index in [9.17, 15) is 14.4 Å². The number of Topliss-reactive ketones (excluding diaryl/α,β-unsaturated/α-hetero) is 1. The minimum absolute atomic E-state index is 0.00503. The third-order valence-corrected chi connectivity index (χ3v) is 7.96. The number of hydrogen-bond donors (Lipinski definition) is 1. The number of carbonyl (C=O) groups excluding carboxylic acids is 3. The standard InChI is InChI=1S/C29H35N3O3/c33-26(24-13-11-23(12-14-24)6-4-5-22-9-10-22)15-16-27(34)31-19-17-29(18-20-31)28(35)30-21-32(29)25-7-2-1-3-8-25/h1-3,7-8,11-14,22H,4-6,9-10,15-21H2,(H,30,35). The van der Waals surface area contributed by atoms with E-state index in [1.165, 1.54) is 31.2 Å². The first-order valence-corrected chi connectivity index (χ1v) is 13.1. The summed E-state index contributed by atoms with van der Waals surface area (Å²) in [5.74, 6) is 1.01. The fourth-order valence-electron chi connectivity index (χ4n) is 5.54. The average molecular weight is 474 g/mol. The van der Waals surface area contributed by atoms with Crippen LogP contribution in [0.4, 0.5) is 5.69 Å². The van der Waals surface area contributed by atoms with Crippen molar-refractivity contribution in [2.45, 2.75) is 63.3 Å². The molecular weight excluding hydrogens is 438 g/mol. The lowest BCUT2D eigenvalue weighted by Gasteiger charge is -2.43. The third kappa shape index (κ3) is 5.26. The lowest BCUT2D eigenvalue weighted by molar-refractivity contribution is -0.135. The van der Waals surface area contributed by atoms with Gasteiger partial charge < -0.3 is 15.1 Å². The van der Waals surface area contributed by atoms with Crippen molar-refractivity contribution in [3.05, 3.63) is 65.7 Å². The van der Waals surface area contributed by atoms with Crippen LogP contribution in [0.15, 0.2) is 54.6 Å². The van der Waals surface area contributed by atoms with Crippen molar-refractivity contribution in [2.24, 2.45) is 5.92 Å². The van der Waals surface area contributed by atoms with Crippen molar-refractivity contribution in [3.8, 4) is 0 Å². The Labute approximate surface area is 207 Å². The molecule has 0 aromatic heterocycles. The monoisotopic (exact) mass is 473 g/mol. The van der Waals surface area contributed by atoms with Gasteiger partial charge in [-0.15, -0.1) is 0 Å². The topological polar surface area (TPSA) is 69.7 Å². The summed E-state index contributed by atoms with van der Waals surface area (Å²) in [4.78, 5) is 42.3. The molecule has 3 fully saturated rings. The first-order valence-electron chi connectivity index (χ1n) is 13.1. The number of aryl methyl sites for hydroxylation is 1. The first kappa shape index (κ1) is 23.6. The summed E-state index contributed by atoms with van der Waals surface area (Å²) in [6.07, 6.45) is 8.01. The molecule has 3 aliphatic rings. The molecule has 1 spiro atoms. The predicted molar refractivity (Wildman–Crippen MR) is 136 cm³/mol. The molecule has 1 aliphatic carbocycles. The van der Waals surface area contributed by atoms with E-state index < -0.39 is 5.54 Å². The van der Waals surface area contributed by atoms with Crippen LogP contribution in [0, 0.1) is 5.92 Å². The summed E-state index contributed by atoms with van der Waals surface area (Å²) in [6, 6.07) is 17.9. The number of likely N-dealkylation sites (tertiary alicyclic amines) is 1. The van der Waals surface area contributed by atoms with Gasteiger partial charge in [0.05, 0.1) is 6.67 Å². The van der Waals surface area contributed by atoms with Gasteiger partial charge in [0, 0.05) is 37.2 Å². The summed E-state index contributed by atoms with van der Waals surface area (Å²) in [6.45, 7) is 1.54. The van der Waals surface area contributed by atoms with Gasteiger partial charge in [-0.3, -0.25) is 14.4 Å². The Bertz CT molecular complexity index is 1050. The maximum Gasteiger partial charge on any atom is 0.247 e. The summed E-state index contributed by atoms with van der Waals surface area (Å²) in [7, 11) is 0. The normalized spacial score (nSPS) is 19.1. The predicted octanol–water partition coefficient (Wildman–Crippen LogP) is 4.34. The van der Waals surface area contributed by atoms with Crippen LogP contribution in [-0.4, -0.2) is 47.8 Å². The second-order valence-corrected chi connectivity index (χ2v) is 10.3. The molecule has 5 rings (SSSR count). The number of benzene rings is 2. The summed E-state index contributed by atoms with van der Waals surface area (Å²) < 4.78 is 0. The van der Waals surface area contributed by atoms with Gasteiger partial charge in [-0.1, -0.05) is 61.7 Å². The molecule has 0 unspecified atom stereocenters. The number of rotatable bonds is 9. The average Bonchev–Trinajstić information content (AvgIpc) is 3.67. The van der Waals surface area contributed by atoms with Crippen LogP contribution in [0.1, 0.15) is 67.3 Å². The third-order valence-electron chi connectivity index (χ3n) is 7.96. The van der Waals surface area contributed by atoms with Crippen LogP contribution in [-0.2, 0) is 16.0 Å². The van der Waals surface area contributed by atoms with Gasteiger partial charge in [-0.25, -0.2) is 0 Å². The summed E-state index contributed by atoms with van der Waals surface area (Å²) in [5, 5.41) is 2.99. The summed E-state index contributed by atoms with van der Waals surface area (Å²) >= 11 is 0. The van der Waals surface area contributed by atoms with Gasteiger partial charge in [0.1, 0.15) is 5.54 Å². The van der Waals surface area contributed by atoms with Crippen molar-refractivity contribution in [1.29, 1.82) is 0 Å². The molecule has 2 aromatic carbocycles. The van der Waals surface area contributed by atoms with Gasteiger partial charge in [0.25, 0.3) is 0 Å². The van der Waals surface area contributed by atoms with E-state index in [1.807, 2.05) is 47.4 Å². The van der Waals surface area contributed by atoms with Crippen LogP contribution < -0.4 is 10.2 Å². The highest BCUT2D eigenvalue weighted by Gasteiger charge is 2.50. The van der Waals surface area contributed by atoms with Crippen molar-refractivity contribution in [2.75, 3.05) is 24.7 Å². The van der Waals surface area contributed by atoms with Gasteiger partial charge in [-0.05, 0) is 49.3 Å². The number of para-hydroxylation sites is 1. The number of piperidine rings is 1. The first-order chi connectivity index (χ1) is 17.0. The van der Waals surface area contributed by atoms with Crippen LogP contribution >= 0.6 is 0 Å². The molecule has 0 atom stereocenters. The zero-order valence-electron chi connectivity index (χ0n) is 20.4. The zero-order valence-corrected chi connectivity index (χ0v) is 20.4. The molecule has 0 bridgehead atoms. The van der Waals surface area contributed by atoms with Crippen LogP contribution in [0.5, 0.6) is 0 Å². The van der Waals surface area contributed by atoms with E-state index in [1.54, 1.807) is 0 Å². The number of nitrogens with zero attached hydrogens (tertiary/aromatic N) is 2. The lowest BCUT2D eigenvalue weighted by Crippen LogP contribution is -2.57. The lowest BCUT2D eigenvalue weighted by atomic mass is 9.85. The van der Waals surface area contributed by atoms with E-state index in [0.29, 0.717) is 38.2 Å². The smallest absolute Gasteiger partial charge is 0.247 e. The fraction of sp³-hybridized carbons (Fsp3) is 0.483. The molecule has 2 heterocycles. The van der Waals surface area contributed by atoms with Crippen molar-refractivity contribution < 1.29 is 14.4 Å². The number of ketones is 1. The highest BCUT2D eigenvalue weighted by molar-refractivity contribution is 5.98. The minimum atomic E-state index is -0.603. The molecule has 2 aromatic rings. The van der Waals surface area contributed by atoms with Crippen molar-refractivity contribution in [3.63, 3.8) is 0 Å². The zero-order chi connectivity index (χ0) is 24.3. The molecular formula is C29H35N3O3. The van der Waals surface area contributed by atoms with Gasteiger partial charge >= 0.3 is 0 Å². The molecule has 2 saturated heterocycles. The van der Waals surface area contributed by atoms with Gasteiger partial charge in [-0.2, -0.15) is 0 Å². The second-order valence-electron chi connectivity index (χ2n) is 10.3. The van der Waals surface area contributed by atoms with Crippen LogP contribution in [0.25, 0.3) is 0 Å². The van der Waals surface area contributed by atoms with Gasteiger partial charge in [0.2, 0.25) is 11.8 Å². The Morgan fingerprint density at radius 3 is 2.34 bits per heavy atom. The highest BCUT2D eigenvalue weighted by Crippen LogP contribution is 2.36. The largest absolute Gasteiger partial charge is 0.342 e. The maximum atomic E-state index is 12.9.